The van der Waals surface area contributed by atoms with Gasteiger partial charge in [0.15, 0.2) is 0 Å². The van der Waals surface area contributed by atoms with Crippen molar-refractivity contribution >= 4 is 40.5 Å². The highest BCUT2D eigenvalue weighted by molar-refractivity contribution is 7.12. The number of rotatable bonds is 5. The molecule has 0 unspecified atom stereocenters. The zero-order valence-electron chi connectivity index (χ0n) is 14.4. The summed E-state index contributed by atoms with van der Waals surface area (Å²) < 4.78 is 4.64. The van der Waals surface area contributed by atoms with Gasteiger partial charge in [0.2, 0.25) is 0 Å². The summed E-state index contributed by atoms with van der Waals surface area (Å²) in [5, 5.41) is 7.32. The van der Waals surface area contributed by atoms with Gasteiger partial charge in [-0.3, -0.25) is 9.59 Å². The van der Waals surface area contributed by atoms with Crippen LogP contribution in [0.2, 0.25) is 0 Å². The minimum atomic E-state index is -0.450. The summed E-state index contributed by atoms with van der Waals surface area (Å²) >= 11 is 1.32. The minimum Gasteiger partial charge on any atom is -0.465 e. The fraction of sp³-hybridized carbons (Fsp3) is 0.0500. The van der Waals surface area contributed by atoms with Gasteiger partial charge in [-0.05, 0) is 47.8 Å². The molecule has 1 aromatic heterocycles. The summed E-state index contributed by atoms with van der Waals surface area (Å²) in [7, 11) is 1.30. The van der Waals surface area contributed by atoms with Gasteiger partial charge >= 0.3 is 5.97 Å². The number of carbonyl (C=O) groups excluding carboxylic acids is 3. The largest absolute Gasteiger partial charge is 0.465 e. The number of hydrogen-bond donors (Lipinski definition) is 2. The lowest BCUT2D eigenvalue weighted by Crippen LogP contribution is -2.17. The van der Waals surface area contributed by atoms with Crippen LogP contribution < -0.4 is 10.6 Å². The Morgan fingerprint density at radius 1 is 0.852 bits per heavy atom. The van der Waals surface area contributed by atoms with Crippen molar-refractivity contribution in [3.05, 3.63) is 82.0 Å². The first-order chi connectivity index (χ1) is 13.1. The molecule has 0 fully saturated rings. The Morgan fingerprint density at radius 2 is 1.59 bits per heavy atom. The second-order valence-corrected chi connectivity index (χ2v) is 6.45. The van der Waals surface area contributed by atoms with E-state index in [2.05, 4.69) is 15.4 Å². The van der Waals surface area contributed by atoms with Crippen LogP contribution in [0.25, 0.3) is 0 Å². The molecule has 0 atom stereocenters. The third-order valence-electron chi connectivity index (χ3n) is 3.73. The maximum absolute atomic E-state index is 12.6. The first-order valence-electron chi connectivity index (χ1n) is 8.02. The van der Waals surface area contributed by atoms with Crippen LogP contribution in [-0.2, 0) is 4.74 Å². The van der Waals surface area contributed by atoms with Crippen LogP contribution in [0, 0.1) is 0 Å². The van der Waals surface area contributed by atoms with E-state index >= 15 is 0 Å². The molecule has 0 radical (unpaired) electrons. The Bertz CT molecular complexity index is 966. The maximum Gasteiger partial charge on any atom is 0.337 e. The Balaban J connectivity index is 1.75. The number of esters is 1. The standard InChI is InChI=1S/C20H16N2O4S/c1-26-20(25)13-8-10-14(11-9-13)21-18(23)15-5-2-3-6-16(15)22-19(24)17-7-4-12-27-17/h2-12H,1H3,(H,21,23)(H,22,24). The minimum absolute atomic E-state index is 0.271. The monoisotopic (exact) mass is 380 g/mol. The van der Waals surface area contributed by atoms with E-state index in [4.69, 9.17) is 0 Å². The molecule has 7 heteroatoms. The number of para-hydroxylation sites is 1. The molecule has 0 aliphatic carbocycles. The topological polar surface area (TPSA) is 84.5 Å². The molecule has 136 valence electrons. The van der Waals surface area contributed by atoms with Gasteiger partial charge in [0.05, 0.1) is 28.8 Å². The van der Waals surface area contributed by atoms with E-state index in [0.717, 1.165) is 0 Å². The molecule has 0 bridgehead atoms. The van der Waals surface area contributed by atoms with E-state index in [-0.39, 0.29) is 11.8 Å². The van der Waals surface area contributed by atoms with Crippen molar-refractivity contribution in [2.45, 2.75) is 0 Å². The van der Waals surface area contributed by atoms with Crippen molar-refractivity contribution in [2.75, 3.05) is 17.7 Å². The number of nitrogens with one attached hydrogen (secondary N) is 2. The van der Waals surface area contributed by atoms with Crippen LogP contribution in [0.3, 0.4) is 0 Å². The third-order valence-corrected chi connectivity index (χ3v) is 4.60. The molecule has 1 heterocycles. The average molecular weight is 380 g/mol. The van der Waals surface area contributed by atoms with Gasteiger partial charge in [-0.2, -0.15) is 0 Å². The number of carbonyl (C=O) groups is 3. The molecular weight excluding hydrogens is 364 g/mol. The van der Waals surface area contributed by atoms with E-state index in [1.54, 1.807) is 60.7 Å². The Kier molecular flexibility index (Phi) is 5.63. The molecule has 0 aliphatic heterocycles. The number of anilines is 2. The van der Waals surface area contributed by atoms with Gasteiger partial charge in [-0.15, -0.1) is 11.3 Å². The molecule has 0 saturated heterocycles. The number of methoxy groups -OCH3 is 1. The van der Waals surface area contributed by atoms with Crippen LogP contribution >= 0.6 is 11.3 Å². The lowest BCUT2D eigenvalue weighted by Gasteiger charge is -2.11. The highest BCUT2D eigenvalue weighted by Gasteiger charge is 2.15. The molecule has 2 N–H and O–H groups in total. The number of thiophene rings is 1. The van der Waals surface area contributed by atoms with Crippen LogP contribution in [0.5, 0.6) is 0 Å². The lowest BCUT2D eigenvalue weighted by atomic mass is 10.1. The average Bonchev–Trinajstić information content (AvgIpc) is 3.23. The fourth-order valence-electron chi connectivity index (χ4n) is 2.39. The van der Waals surface area contributed by atoms with Crippen LogP contribution in [0.15, 0.2) is 66.0 Å². The molecule has 2 amide bonds. The maximum atomic E-state index is 12.6. The van der Waals surface area contributed by atoms with Crippen LogP contribution in [-0.4, -0.2) is 24.9 Å². The van der Waals surface area contributed by atoms with Crippen LogP contribution in [0.4, 0.5) is 11.4 Å². The predicted molar refractivity (Wildman–Crippen MR) is 104 cm³/mol. The van der Waals surface area contributed by atoms with Crippen LogP contribution in [0.1, 0.15) is 30.4 Å². The Morgan fingerprint density at radius 3 is 2.26 bits per heavy atom. The second kappa shape index (κ2) is 8.29. The first-order valence-corrected chi connectivity index (χ1v) is 8.90. The molecule has 27 heavy (non-hydrogen) atoms. The number of benzene rings is 2. The molecule has 3 aromatic rings. The highest BCUT2D eigenvalue weighted by atomic mass is 32.1. The summed E-state index contributed by atoms with van der Waals surface area (Å²) in [6.07, 6.45) is 0. The summed E-state index contributed by atoms with van der Waals surface area (Å²) in [6, 6.07) is 16.6. The summed E-state index contributed by atoms with van der Waals surface area (Å²) in [5.74, 6) is -1.09. The summed E-state index contributed by atoms with van der Waals surface area (Å²) in [6.45, 7) is 0. The zero-order valence-corrected chi connectivity index (χ0v) is 15.2. The number of ether oxygens (including phenoxy) is 1. The Labute approximate surface area is 159 Å². The SMILES string of the molecule is COC(=O)c1ccc(NC(=O)c2ccccc2NC(=O)c2cccs2)cc1. The highest BCUT2D eigenvalue weighted by Crippen LogP contribution is 2.20. The molecule has 0 spiro atoms. The van der Waals surface area contributed by atoms with Gasteiger partial charge < -0.3 is 15.4 Å². The molecule has 0 aliphatic rings. The van der Waals surface area contributed by atoms with E-state index < -0.39 is 5.97 Å². The zero-order chi connectivity index (χ0) is 19.2. The smallest absolute Gasteiger partial charge is 0.337 e. The van der Waals surface area contributed by atoms with Gasteiger partial charge in [-0.1, -0.05) is 18.2 Å². The van der Waals surface area contributed by atoms with Crippen molar-refractivity contribution in [3.63, 3.8) is 0 Å². The number of hydrogen-bond acceptors (Lipinski definition) is 5. The fourth-order valence-corrected chi connectivity index (χ4v) is 3.01. The summed E-state index contributed by atoms with van der Waals surface area (Å²) in [5.41, 5.74) is 1.66. The van der Waals surface area contributed by atoms with Gasteiger partial charge in [0.25, 0.3) is 11.8 Å². The molecule has 6 nitrogen and oxygen atoms in total. The summed E-state index contributed by atoms with van der Waals surface area (Å²) in [4.78, 5) is 36.9. The van der Waals surface area contributed by atoms with E-state index in [1.165, 1.54) is 18.4 Å². The molecule has 3 rings (SSSR count). The normalized spacial score (nSPS) is 10.1. The predicted octanol–water partition coefficient (Wildman–Crippen LogP) is 4.04. The molecule has 2 aromatic carbocycles. The number of amides is 2. The van der Waals surface area contributed by atoms with E-state index in [1.807, 2.05) is 5.38 Å². The van der Waals surface area contributed by atoms with E-state index in [0.29, 0.717) is 27.4 Å². The van der Waals surface area contributed by atoms with Crippen molar-refractivity contribution in [1.29, 1.82) is 0 Å². The first kappa shape index (κ1) is 18.3. The van der Waals surface area contributed by atoms with Gasteiger partial charge in [-0.25, -0.2) is 4.79 Å². The van der Waals surface area contributed by atoms with Crippen molar-refractivity contribution in [3.8, 4) is 0 Å². The molecule has 0 saturated carbocycles. The van der Waals surface area contributed by atoms with E-state index in [9.17, 15) is 14.4 Å². The second-order valence-electron chi connectivity index (χ2n) is 5.50. The Hall–Kier alpha value is -3.45. The molecular formula is C20H16N2O4S. The van der Waals surface area contributed by atoms with Crippen molar-refractivity contribution in [2.24, 2.45) is 0 Å². The quantitative estimate of drug-likeness (QED) is 0.654. The van der Waals surface area contributed by atoms with Crippen molar-refractivity contribution in [1.82, 2.24) is 0 Å². The van der Waals surface area contributed by atoms with Crippen molar-refractivity contribution < 1.29 is 19.1 Å². The van der Waals surface area contributed by atoms with Gasteiger partial charge in [0, 0.05) is 5.69 Å². The van der Waals surface area contributed by atoms with Gasteiger partial charge in [0.1, 0.15) is 0 Å². The third kappa shape index (κ3) is 4.39. The lowest BCUT2D eigenvalue weighted by molar-refractivity contribution is 0.0600.